The molecule has 8 nitrogen and oxygen atoms in total. The van der Waals surface area contributed by atoms with Gasteiger partial charge in [0.1, 0.15) is 17.3 Å². The molecule has 11 heteroatoms. The summed E-state index contributed by atoms with van der Waals surface area (Å²) >= 11 is 0. The number of halogens is 3. The first kappa shape index (κ1) is 23.1. The number of hydrogen-bond acceptors (Lipinski definition) is 6. The molecule has 0 unspecified atom stereocenters. The number of nitrogens with two attached hydrogens (primary N) is 1. The number of aromatic nitrogens is 1. The molecule has 1 aromatic carbocycles. The number of carbonyl (C=O) groups excluding carboxylic acids is 1. The lowest BCUT2D eigenvalue weighted by molar-refractivity contribution is 0.0415. The minimum atomic E-state index is -3.12. The maximum atomic E-state index is 13.2. The lowest BCUT2D eigenvalue weighted by Crippen LogP contribution is -2.44. The number of alkyl halides is 2. The van der Waals surface area contributed by atoms with Crippen LogP contribution in [0.25, 0.3) is 0 Å². The number of urea groups is 1. The molecule has 0 saturated carbocycles. The van der Waals surface area contributed by atoms with Crippen molar-refractivity contribution < 1.29 is 28.2 Å². The Hall–Kier alpha value is -3.18. The van der Waals surface area contributed by atoms with E-state index in [2.05, 4.69) is 15.6 Å². The van der Waals surface area contributed by atoms with Gasteiger partial charge in [-0.15, -0.1) is 0 Å². The van der Waals surface area contributed by atoms with E-state index in [1.165, 1.54) is 38.1 Å². The van der Waals surface area contributed by atoms with Crippen molar-refractivity contribution in [3.8, 4) is 0 Å². The van der Waals surface area contributed by atoms with Crippen LogP contribution in [-0.2, 0) is 6.61 Å². The fourth-order valence-corrected chi connectivity index (χ4v) is 2.82. The van der Waals surface area contributed by atoms with Crippen molar-refractivity contribution >= 4 is 23.2 Å². The number of rotatable bonds is 7. The van der Waals surface area contributed by atoms with Gasteiger partial charge in [-0.05, 0) is 31.5 Å². The highest BCUT2D eigenvalue weighted by Crippen LogP contribution is 2.27. The molecule has 2 amide bonds. The van der Waals surface area contributed by atoms with Crippen LogP contribution in [0.1, 0.15) is 36.7 Å². The van der Waals surface area contributed by atoms with Crippen LogP contribution in [-0.4, -0.2) is 39.0 Å². The highest BCUT2D eigenvalue weighted by molar-refractivity contribution is 6.06. The Morgan fingerprint density at radius 1 is 1.30 bits per heavy atom. The molecule has 1 heterocycles. The summed E-state index contributed by atoms with van der Waals surface area (Å²) in [4.78, 5) is 16.3. The van der Waals surface area contributed by atoms with E-state index >= 15 is 0 Å². The summed E-state index contributed by atoms with van der Waals surface area (Å²) in [5.41, 5.74) is 2.66. The number of nitrogens with zero attached hydrogens (tertiary/aromatic N) is 1. The molecule has 0 aliphatic rings. The van der Waals surface area contributed by atoms with Crippen molar-refractivity contribution in [2.45, 2.75) is 38.5 Å². The molecule has 0 saturated heterocycles. The number of carbonyl (C=O) groups is 1. The average molecular weight is 425 g/mol. The van der Waals surface area contributed by atoms with Crippen molar-refractivity contribution in [2.24, 2.45) is 0 Å². The van der Waals surface area contributed by atoms with Crippen LogP contribution in [0.15, 0.2) is 30.3 Å². The predicted octanol–water partition coefficient (Wildman–Crippen LogP) is 2.56. The van der Waals surface area contributed by atoms with Crippen LogP contribution in [0.4, 0.5) is 29.5 Å². The molecule has 0 fully saturated rings. The first-order valence-electron chi connectivity index (χ1n) is 8.76. The number of anilines is 2. The number of aliphatic hydroxyl groups is 2. The Labute approximate surface area is 170 Å². The zero-order chi connectivity index (χ0) is 22.6. The fourth-order valence-electron chi connectivity index (χ4n) is 2.82. The summed E-state index contributed by atoms with van der Waals surface area (Å²) in [6.07, 6.45) is -3.12. The SMILES string of the molecule is CC(C)(O)[C@@H](NC(=O)Nc1cc(N)c(C(=N)C(F)F)c(CO)n1)c1ccc(F)cc1. The molecule has 0 bridgehead atoms. The largest absolute Gasteiger partial charge is 0.398 e. The Morgan fingerprint density at radius 3 is 2.40 bits per heavy atom. The van der Waals surface area contributed by atoms with Crippen molar-refractivity contribution in [3.05, 3.63) is 53.0 Å². The van der Waals surface area contributed by atoms with Gasteiger partial charge in [-0.3, -0.25) is 10.7 Å². The summed E-state index contributed by atoms with van der Waals surface area (Å²) in [5, 5.41) is 32.1. The standard InChI is InChI=1S/C19H22F3N5O3/c1-19(2,30)16(9-3-5-10(20)6-4-9)27-18(29)26-13-7-11(23)14(12(8-28)25-13)15(24)17(21)22/h3-7,16-17,24,28,30H,8H2,1-2H3,(H4,23,25,26,27,29)/t16-/m0/s1. The van der Waals surface area contributed by atoms with Gasteiger partial charge < -0.3 is 21.3 Å². The molecule has 0 aliphatic carbocycles. The van der Waals surface area contributed by atoms with Gasteiger partial charge in [0.05, 0.1) is 23.9 Å². The summed E-state index contributed by atoms with van der Waals surface area (Å²) in [6.45, 7) is 2.12. The number of hydrogen-bond donors (Lipinski definition) is 6. The molecule has 1 aromatic heterocycles. The molecule has 1 atom stereocenters. The van der Waals surface area contributed by atoms with Crippen LogP contribution in [0.2, 0.25) is 0 Å². The van der Waals surface area contributed by atoms with Crippen molar-refractivity contribution in [2.75, 3.05) is 11.1 Å². The number of amides is 2. The molecule has 2 aromatic rings. The van der Waals surface area contributed by atoms with E-state index in [4.69, 9.17) is 11.1 Å². The van der Waals surface area contributed by atoms with E-state index in [9.17, 15) is 28.2 Å². The van der Waals surface area contributed by atoms with Gasteiger partial charge in [-0.25, -0.2) is 22.9 Å². The van der Waals surface area contributed by atoms with Crippen LogP contribution >= 0.6 is 0 Å². The maximum Gasteiger partial charge on any atom is 0.320 e. The normalized spacial score (nSPS) is 12.5. The van der Waals surface area contributed by atoms with Crippen LogP contribution in [0.3, 0.4) is 0 Å². The highest BCUT2D eigenvalue weighted by atomic mass is 19.3. The number of benzene rings is 1. The van der Waals surface area contributed by atoms with Crippen molar-refractivity contribution in [1.29, 1.82) is 5.41 Å². The fraction of sp³-hybridized carbons (Fsp3) is 0.316. The van der Waals surface area contributed by atoms with Gasteiger partial charge in [-0.1, -0.05) is 12.1 Å². The summed E-state index contributed by atoms with van der Waals surface area (Å²) in [5.74, 6) is -0.642. The first-order chi connectivity index (χ1) is 13.9. The summed E-state index contributed by atoms with van der Waals surface area (Å²) < 4.78 is 38.9. The zero-order valence-electron chi connectivity index (χ0n) is 16.2. The van der Waals surface area contributed by atoms with Gasteiger partial charge in [-0.2, -0.15) is 0 Å². The number of aliphatic hydroxyl groups excluding tert-OH is 1. The third kappa shape index (κ3) is 5.45. The molecule has 0 aliphatic heterocycles. The molecule has 0 spiro atoms. The monoisotopic (exact) mass is 425 g/mol. The maximum absolute atomic E-state index is 13.2. The zero-order valence-corrected chi connectivity index (χ0v) is 16.2. The van der Waals surface area contributed by atoms with Crippen molar-refractivity contribution in [3.63, 3.8) is 0 Å². The van der Waals surface area contributed by atoms with Gasteiger partial charge >= 0.3 is 6.03 Å². The molecular weight excluding hydrogens is 403 g/mol. The average Bonchev–Trinajstić information content (AvgIpc) is 2.65. The molecule has 0 radical (unpaired) electrons. The third-order valence-corrected chi connectivity index (χ3v) is 4.19. The second kappa shape index (κ2) is 9.09. The second-order valence-corrected chi connectivity index (χ2v) is 7.03. The molecule has 30 heavy (non-hydrogen) atoms. The lowest BCUT2D eigenvalue weighted by Gasteiger charge is -2.30. The van der Waals surface area contributed by atoms with Crippen LogP contribution < -0.4 is 16.4 Å². The van der Waals surface area contributed by atoms with Crippen LogP contribution in [0, 0.1) is 11.2 Å². The quantitative estimate of drug-likeness (QED) is 0.378. The van der Waals surface area contributed by atoms with E-state index in [0.29, 0.717) is 5.56 Å². The predicted molar refractivity (Wildman–Crippen MR) is 105 cm³/mol. The first-order valence-corrected chi connectivity index (χ1v) is 8.76. The number of nitrogens with one attached hydrogen (secondary N) is 3. The van der Waals surface area contributed by atoms with Gasteiger partial charge in [0, 0.05) is 17.3 Å². The van der Waals surface area contributed by atoms with E-state index in [0.717, 1.165) is 6.07 Å². The van der Waals surface area contributed by atoms with E-state index in [-0.39, 0.29) is 17.2 Å². The molecule has 7 N–H and O–H groups in total. The molecular formula is C19H22F3N5O3. The van der Waals surface area contributed by atoms with Gasteiger partial charge in [0.15, 0.2) is 0 Å². The highest BCUT2D eigenvalue weighted by Gasteiger charge is 2.30. The van der Waals surface area contributed by atoms with Gasteiger partial charge in [0.25, 0.3) is 6.43 Å². The van der Waals surface area contributed by atoms with Crippen molar-refractivity contribution in [1.82, 2.24) is 10.3 Å². The lowest BCUT2D eigenvalue weighted by atomic mass is 9.92. The van der Waals surface area contributed by atoms with Crippen LogP contribution in [0.5, 0.6) is 0 Å². The Bertz CT molecular complexity index is 930. The minimum Gasteiger partial charge on any atom is -0.398 e. The van der Waals surface area contributed by atoms with E-state index in [1.54, 1.807) is 0 Å². The smallest absolute Gasteiger partial charge is 0.320 e. The molecule has 2 rings (SSSR count). The van der Waals surface area contributed by atoms with Gasteiger partial charge in [0.2, 0.25) is 0 Å². The van der Waals surface area contributed by atoms with E-state index in [1.807, 2.05) is 0 Å². The summed E-state index contributed by atoms with van der Waals surface area (Å²) in [6, 6.07) is 4.49. The second-order valence-electron chi connectivity index (χ2n) is 7.03. The van der Waals surface area contributed by atoms with E-state index < -0.39 is 47.8 Å². The number of pyridine rings is 1. The Kier molecular flexibility index (Phi) is 7.00. The topological polar surface area (TPSA) is 144 Å². The third-order valence-electron chi connectivity index (χ3n) is 4.19. The Balaban J connectivity index is 2.26. The number of nitrogen functional groups attached to an aromatic ring is 1. The Morgan fingerprint density at radius 2 is 1.90 bits per heavy atom. The molecule has 162 valence electrons. The summed E-state index contributed by atoms with van der Waals surface area (Å²) in [7, 11) is 0. The minimum absolute atomic E-state index is 0.159.